The number of hydrogen-bond donors (Lipinski definition) is 0. The van der Waals surface area contributed by atoms with Crippen LogP contribution in [0.15, 0.2) is 0 Å². The Labute approximate surface area is 96.8 Å². The summed E-state index contributed by atoms with van der Waals surface area (Å²) in [6.45, 7) is 9.56. The first kappa shape index (κ1) is 13.1. The highest BCUT2D eigenvalue weighted by molar-refractivity contribution is 4.88. The van der Waals surface area contributed by atoms with Crippen LogP contribution in [0.2, 0.25) is 0 Å². The summed E-state index contributed by atoms with van der Waals surface area (Å²) in [7, 11) is 0. The van der Waals surface area contributed by atoms with Crippen LogP contribution >= 0.6 is 0 Å². The van der Waals surface area contributed by atoms with Gasteiger partial charge in [-0.3, -0.25) is 0 Å². The highest BCUT2D eigenvalue weighted by Crippen LogP contribution is 2.47. The van der Waals surface area contributed by atoms with Crippen molar-refractivity contribution in [1.29, 1.82) is 0 Å². The van der Waals surface area contributed by atoms with Gasteiger partial charge in [0.25, 0.3) is 0 Å². The SMILES string of the molecule is CCCCC1CC(C)C(CC)C1CCC. The normalized spacial score (nSPS) is 36.0. The highest BCUT2D eigenvalue weighted by atomic mass is 14.4. The van der Waals surface area contributed by atoms with Crippen LogP contribution in [0.25, 0.3) is 0 Å². The van der Waals surface area contributed by atoms with Crippen LogP contribution in [0.5, 0.6) is 0 Å². The summed E-state index contributed by atoms with van der Waals surface area (Å²) in [5, 5.41) is 0. The summed E-state index contributed by atoms with van der Waals surface area (Å²) in [6.07, 6.45) is 10.1. The standard InChI is InChI=1S/C15H30/c1-5-8-10-13-11-12(4)14(7-3)15(13)9-6-2/h12-15H,5-11H2,1-4H3. The molecule has 0 heteroatoms. The molecular formula is C15H30. The predicted octanol–water partition coefficient (Wildman–Crippen LogP) is 5.28. The molecule has 1 fully saturated rings. The second kappa shape index (κ2) is 6.55. The number of rotatable bonds is 6. The smallest absolute Gasteiger partial charge is 0.0355 e. The molecule has 0 spiro atoms. The minimum Gasteiger partial charge on any atom is -0.0654 e. The summed E-state index contributed by atoms with van der Waals surface area (Å²) in [6, 6.07) is 0. The highest BCUT2D eigenvalue weighted by Gasteiger charge is 2.38. The molecule has 0 radical (unpaired) electrons. The topological polar surface area (TPSA) is 0 Å². The summed E-state index contributed by atoms with van der Waals surface area (Å²) in [4.78, 5) is 0. The van der Waals surface area contributed by atoms with Gasteiger partial charge in [-0.05, 0) is 30.1 Å². The van der Waals surface area contributed by atoms with Gasteiger partial charge in [-0.1, -0.05) is 66.2 Å². The lowest BCUT2D eigenvalue weighted by Gasteiger charge is -2.24. The van der Waals surface area contributed by atoms with Gasteiger partial charge in [0.2, 0.25) is 0 Å². The fourth-order valence-corrected chi connectivity index (χ4v) is 3.89. The Balaban J connectivity index is 2.54. The molecule has 0 heterocycles. The largest absolute Gasteiger partial charge is 0.0654 e. The molecule has 0 amide bonds. The second-order valence-electron chi connectivity index (χ2n) is 5.64. The molecule has 1 aliphatic carbocycles. The van der Waals surface area contributed by atoms with Gasteiger partial charge < -0.3 is 0 Å². The van der Waals surface area contributed by atoms with Crippen LogP contribution < -0.4 is 0 Å². The van der Waals surface area contributed by atoms with E-state index in [4.69, 9.17) is 0 Å². The van der Waals surface area contributed by atoms with Gasteiger partial charge >= 0.3 is 0 Å². The van der Waals surface area contributed by atoms with Gasteiger partial charge in [-0.2, -0.15) is 0 Å². The van der Waals surface area contributed by atoms with Gasteiger partial charge in [0.15, 0.2) is 0 Å². The van der Waals surface area contributed by atoms with E-state index in [0.29, 0.717) is 0 Å². The predicted molar refractivity (Wildman–Crippen MR) is 69.0 cm³/mol. The van der Waals surface area contributed by atoms with Crippen molar-refractivity contribution in [3.63, 3.8) is 0 Å². The average molecular weight is 210 g/mol. The van der Waals surface area contributed by atoms with Gasteiger partial charge in [0, 0.05) is 0 Å². The lowest BCUT2D eigenvalue weighted by atomic mass is 9.81. The molecule has 1 saturated carbocycles. The molecule has 90 valence electrons. The van der Waals surface area contributed by atoms with Crippen molar-refractivity contribution in [2.45, 2.75) is 72.6 Å². The lowest BCUT2D eigenvalue weighted by molar-refractivity contribution is 0.253. The van der Waals surface area contributed by atoms with Gasteiger partial charge in [0.05, 0.1) is 0 Å². The van der Waals surface area contributed by atoms with Crippen molar-refractivity contribution in [3.05, 3.63) is 0 Å². The molecule has 0 aliphatic heterocycles. The summed E-state index contributed by atoms with van der Waals surface area (Å²) >= 11 is 0. The van der Waals surface area contributed by atoms with Crippen molar-refractivity contribution in [3.8, 4) is 0 Å². The Kier molecular flexibility index (Phi) is 5.71. The van der Waals surface area contributed by atoms with Crippen molar-refractivity contribution in [2.75, 3.05) is 0 Å². The molecular weight excluding hydrogens is 180 g/mol. The van der Waals surface area contributed by atoms with E-state index in [0.717, 1.165) is 23.7 Å². The fourth-order valence-electron chi connectivity index (χ4n) is 3.89. The van der Waals surface area contributed by atoms with Gasteiger partial charge in [-0.15, -0.1) is 0 Å². The molecule has 0 aromatic heterocycles. The van der Waals surface area contributed by atoms with Crippen LogP contribution in [0.1, 0.15) is 72.6 Å². The van der Waals surface area contributed by atoms with E-state index in [2.05, 4.69) is 27.7 Å². The Morgan fingerprint density at radius 1 is 0.933 bits per heavy atom. The van der Waals surface area contributed by atoms with Crippen LogP contribution in [-0.4, -0.2) is 0 Å². The molecule has 0 nitrogen and oxygen atoms in total. The first-order valence-corrected chi connectivity index (χ1v) is 7.24. The molecule has 1 aliphatic rings. The van der Waals surface area contributed by atoms with E-state index in [1.807, 2.05) is 0 Å². The zero-order chi connectivity index (χ0) is 11.3. The van der Waals surface area contributed by atoms with E-state index in [1.165, 1.54) is 44.9 Å². The van der Waals surface area contributed by atoms with Gasteiger partial charge in [-0.25, -0.2) is 0 Å². The second-order valence-corrected chi connectivity index (χ2v) is 5.64. The molecule has 1 rings (SSSR count). The van der Waals surface area contributed by atoms with Gasteiger partial charge in [0.1, 0.15) is 0 Å². The molecule has 0 N–H and O–H groups in total. The first-order chi connectivity index (χ1) is 7.24. The Morgan fingerprint density at radius 3 is 2.20 bits per heavy atom. The maximum absolute atomic E-state index is 2.49. The maximum Gasteiger partial charge on any atom is -0.0355 e. The molecule has 0 bridgehead atoms. The average Bonchev–Trinajstić information content (AvgIpc) is 2.52. The zero-order valence-corrected chi connectivity index (χ0v) is 11.3. The first-order valence-electron chi connectivity index (χ1n) is 7.24. The van der Waals surface area contributed by atoms with Crippen molar-refractivity contribution in [1.82, 2.24) is 0 Å². The Hall–Kier alpha value is 0. The zero-order valence-electron chi connectivity index (χ0n) is 11.3. The van der Waals surface area contributed by atoms with E-state index in [1.54, 1.807) is 0 Å². The molecule has 15 heavy (non-hydrogen) atoms. The third kappa shape index (κ3) is 3.23. The van der Waals surface area contributed by atoms with Crippen molar-refractivity contribution in [2.24, 2.45) is 23.7 Å². The lowest BCUT2D eigenvalue weighted by Crippen LogP contribution is -2.16. The molecule has 4 unspecified atom stereocenters. The number of unbranched alkanes of at least 4 members (excludes halogenated alkanes) is 1. The summed E-state index contributed by atoms with van der Waals surface area (Å²) in [5.41, 5.74) is 0. The molecule has 0 aromatic carbocycles. The number of hydrogen-bond acceptors (Lipinski definition) is 0. The van der Waals surface area contributed by atoms with Crippen LogP contribution in [0.4, 0.5) is 0 Å². The third-order valence-electron chi connectivity index (χ3n) is 4.58. The van der Waals surface area contributed by atoms with E-state index >= 15 is 0 Å². The molecule has 4 atom stereocenters. The van der Waals surface area contributed by atoms with Crippen LogP contribution in [0.3, 0.4) is 0 Å². The van der Waals surface area contributed by atoms with Crippen molar-refractivity contribution >= 4 is 0 Å². The Morgan fingerprint density at radius 2 is 1.67 bits per heavy atom. The summed E-state index contributed by atoms with van der Waals surface area (Å²) in [5.74, 6) is 4.15. The van der Waals surface area contributed by atoms with Crippen molar-refractivity contribution < 1.29 is 0 Å². The minimum atomic E-state index is 0.994. The monoisotopic (exact) mass is 210 g/mol. The van der Waals surface area contributed by atoms with E-state index in [-0.39, 0.29) is 0 Å². The molecule has 0 aromatic rings. The van der Waals surface area contributed by atoms with E-state index in [9.17, 15) is 0 Å². The van der Waals surface area contributed by atoms with E-state index < -0.39 is 0 Å². The maximum atomic E-state index is 2.49. The minimum absolute atomic E-state index is 0.994. The quantitative estimate of drug-likeness (QED) is 0.560. The molecule has 0 saturated heterocycles. The van der Waals surface area contributed by atoms with Crippen LogP contribution in [-0.2, 0) is 0 Å². The summed E-state index contributed by atoms with van der Waals surface area (Å²) < 4.78 is 0. The third-order valence-corrected chi connectivity index (χ3v) is 4.58. The fraction of sp³-hybridized carbons (Fsp3) is 1.00. The van der Waals surface area contributed by atoms with Crippen LogP contribution in [0, 0.1) is 23.7 Å². The Bertz CT molecular complexity index is 161.